The third-order valence-corrected chi connectivity index (χ3v) is 2.98. The Morgan fingerprint density at radius 1 is 1.25 bits per heavy atom. The zero-order valence-corrected chi connectivity index (χ0v) is 11.0. The molecule has 0 atom stereocenters. The molecule has 2 aromatic carbocycles. The Hall–Kier alpha value is -2.58. The van der Waals surface area contributed by atoms with Gasteiger partial charge in [0, 0.05) is 22.7 Å². The summed E-state index contributed by atoms with van der Waals surface area (Å²) in [6.07, 6.45) is 0. The summed E-state index contributed by atoms with van der Waals surface area (Å²) in [5, 5.41) is 19.7. The second-order valence-electron chi connectivity index (χ2n) is 3.96. The van der Waals surface area contributed by atoms with Crippen LogP contribution in [0.15, 0.2) is 42.5 Å². The summed E-state index contributed by atoms with van der Waals surface area (Å²) in [6.45, 7) is 0.225. The maximum absolute atomic E-state index is 10.5. The molecule has 2 rings (SSSR count). The van der Waals surface area contributed by atoms with E-state index in [1.165, 1.54) is 24.3 Å². The third kappa shape index (κ3) is 3.25. The Morgan fingerprint density at radius 2 is 1.95 bits per heavy atom. The third-order valence-electron chi connectivity index (χ3n) is 2.62. The predicted octanol–water partition coefficient (Wildman–Crippen LogP) is 3.70. The van der Waals surface area contributed by atoms with E-state index >= 15 is 0 Å². The first-order valence-corrected chi connectivity index (χ1v) is 6.04. The quantitative estimate of drug-likeness (QED) is 0.635. The van der Waals surface area contributed by atoms with Crippen molar-refractivity contribution >= 4 is 17.3 Å². The summed E-state index contributed by atoms with van der Waals surface area (Å²) in [5.74, 6) is 0.510. The standard InChI is InChI=1S/C14H9ClN2O3/c15-14-7-10(8-16)1-2-11(14)9-20-13-5-3-12(4-6-13)17(18)19/h1-7H,9H2. The molecule has 0 amide bonds. The molecule has 0 aliphatic heterocycles. The van der Waals surface area contributed by atoms with Gasteiger partial charge in [0.25, 0.3) is 5.69 Å². The summed E-state index contributed by atoms with van der Waals surface area (Å²) in [5.41, 5.74) is 1.23. The Balaban J connectivity index is 2.05. The van der Waals surface area contributed by atoms with Crippen molar-refractivity contribution in [2.75, 3.05) is 0 Å². The fourth-order valence-corrected chi connectivity index (χ4v) is 1.79. The average Bonchev–Trinajstić information content (AvgIpc) is 2.46. The molecule has 0 saturated carbocycles. The fraction of sp³-hybridized carbons (Fsp3) is 0.0714. The van der Waals surface area contributed by atoms with Gasteiger partial charge in [0.05, 0.1) is 16.6 Å². The molecule has 0 spiro atoms. The van der Waals surface area contributed by atoms with E-state index in [1.807, 2.05) is 6.07 Å². The van der Waals surface area contributed by atoms with Gasteiger partial charge in [-0.15, -0.1) is 0 Å². The van der Waals surface area contributed by atoms with Crippen LogP contribution in [-0.4, -0.2) is 4.92 Å². The van der Waals surface area contributed by atoms with Gasteiger partial charge >= 0.3 is 0 Å². The maximum Gasteiger partial charge on any atom is 0.269 e. The first-order valence-electron chi connectivity index (χ1n) is 5.66. The average molecular weight is 289 g/mol. The molecule has 0 heterocycles. The van der Waals surface area contributed by atoms with E-state index in [9.17, 15) is 10.1 Å². The number of hydrogen-bond acceptors (Lipinski definition) is 4. The van der Waals surface area contributed by atoms with Gasteiger partial charge in [-0.3, -0.25) is 10.1 Å². The first kappa shape index (κ1) is 13.8. The number of rotatable bonds is 4. The van der Waals surface area contributed by atoms with E-state index < -0.39 is 4.92 Å². The van der Waals surface area contributed by atoms with Crippen LogP contribution in [0.5, 0.6) is 5.75 Å². The number of ether oxygens (including phenoxy) is 1. The van der Waals surface area contributed by atoms with Crippen molar-refractivity contribution < 1.29 is 9.66 Å². The van der Waals surface area contributed by atoms with Crippen LogP contribution in [0.4, 0.5) is 5.69 Å². The largest absolute Gasteiger partial charge is 0.489 e. The number of halogens is 1. The summed E-state index contributed by atoms with van der Waals surface area (Å²) >= 11 is 6.02. The lowest BCUT2D eigenvalue weighted by Gasteiger charge is -2.07. The monoisotopic (exact) mass is 288 g/mol. The fourth-order valence-electron chi connectivity index (χ4n) is 1.56. The number of nitro benzene ring substituents is 1. The van der Waals surface area contributed by atoms with Gasteiger partial charge in [-0.2, -0.15) is 5.26 Å². The highest BCUT2D eigenvalue weighted by Crippen LogP contribution is 2.22. The Bertz CT molecular complexity index is 678. The van der Waals surface area contributed by atoms with Gasteiger partial charge in [0.1, 0.15) is 12.4 Å². The lowest BCUT2D eigenvalue weighted by Crippen LogP contribution is -1.97. The highest BCUT2D eigenvalue weighted by atomic mass is 35.5. The molecular formula is C14H9ClN2O3. The van der Waals surface area contributed by atoms with Crippen molar-refractivity contribution in [3.63, 3.8) is 0 Å². The molecule has 0 aliphatic carbocycles. The molecule has 100 valence electrons. The molecule has 6 heteroatoms. The minimum atomic E-state index is -0.471. The van der Waals surface area contributed by atoms with Crippen LogP contribution in [-0.2, 0) is 6.61 Å². The number of nitrogens with zero attached hydrogens (tertiary/aromatic N) is 2. The molecule has 0 N–H and O–H groups in total. The zero-order chi connectivity index (χ0) is 14.5. The number of nitriles is 1. The first-order chi connectivity index (χ1) is 9.60. The number of non-ortho nitro benzene ring substituents is 1. The van der Waals surface area contributed by atoms with Crippen LogP contribution in [0, 0.1) is 21.4 Å². The van der Waals surface area contributed by atoms with Gasteiger partial charge in [-0.05, 0) is 24.3 Å². The van der Waals surface area contributed by atoms with Gasteiger partial charge in [-0.25, -0.2) is 0 Å². The normalized spacial score (nSPS) is 9.80. The number of hydrogen-bond donors (Lipinski definition) is 0. The van der Waals surface area contributed by atoms with Crippen LogP contribution >= 0.6 is 11.6 Å². The van der Waals surface area contributed by atoms with Crippen molar-refractivity contribution in [3.8, 4) is 11.8 Å². The molecule has 0 saturated heterocycles. The number of nitro groups is 1. The molecule has 0 radical (unpaired) electrons. The van der Waals surface area contributed by atoms with Gasteiger partial charge in [-0.1, -0.05) is 17.7 Å². The molecule has 0 unspecified atom stereocenters. The summed E-state index contributed by atoms with van der Waals surface area (Å²) in [4.78, 5) is 10.0. The maximum atomic E-state index is 10.5. The molecule has 2 aromatic rings. The Labute approximate surface area is 120 Å². The molecule has 0 bridgehead atoms. The molecule has 0 fully saturated rings. The SMILES string of the molecule is N#Cc1ccc(COc2ccc([N+](=O)[O-])cc2)c(Cl)c1. The summed E-state index contributed by atoms with van der Waals surface area (Å²) < 4.78 is 5.49. The van der Waals surface area contributed by atoms with Gasteiger partial charge < -0.3 is 4.74 Å². The van der Waals surface area contributed by atoms with Crippen molar-refractivity contribution in [1.29, 1.82) is 5.26 Å². The highest BCUT2D eigenvalue weighted by molar-refractivity contribution is 6.31. The van der Waals surface area contributed by atoms with Crippen LogP contribution in [0.2, 0.25) is 5.02 Å². The van der Waals surface area contributed by atoms with Crippen LogP contribution in [0.25, 0.3) is 0 Å². The summed E-state index contributed by atoms with van der Waals surface area (Å²) in [7, 11) is 0. The lowest BCUT2D eigenvalue weighted by atomic mass is 10.1. The van der Waals surface area contributed by atoms with Gasteiger partial charge in [0.2, 0.25) is 0 Å². The summed E-state index contributed by atoms with van der Waals surface area (Å²) in [6, 6.07) is 12.7. The van der Waals surface area contributed by atoms with Crippen LogP contribution in [0.3, 0.4) is 0 Å². The van der Waals surface area contributed by atoms with Crippen molar-refractivity contribution in [2.45, 2.75) is 6.61 Å². The van der Waals surface area contributed by atoms with E-state index in [1.54, 1.807) is 18.2 Å². The minimum absolute atomic E-state index is 0.00811. The van der Waals surface area contributed by atoms with Crippen LogP contribution in [0.1, 0.15) is 11.1 Å². The van der Waals surface area contributed by atoms with E-state index in [0.29, 0.717) is 16.3 Å². The molecule has 0 aliphatic rings. The van der Waals surface area contributed by atoms with Gasteiger partial charge in [0.15, 0.2) is 0 Å². The topological polar surface area (TPSA) is 76.2 Å². The van der Waals surface area contributed by atoms with E-state index in [2.05, 4.69) is 0 Å². The number of benzene rings is 2. The Morgan fingerprint density at radius 3 is 2.50 bits per heavy atom. The minimum Gasteiger partial charge on any atom is -0.489 e. The molecule has 20 heavy (non-hydrogen) atoms. The van der Waals surface area contributed by atoms with Crippen LogP contribution < -0.4 is 4.74 Å². The zero-order valence-electron chi connectivity index (χ0n) is 10.2. The highest BCUT2D eigenvalue weighted by Gasteiger charge is 2.06. The lowest BCUT2D eigenvalue weighted by molar-refractivity contribution is -0.384. The molecular weight excluding hydrogens is 280 g/mol. The van der Waals surface area contributed by atoms with Crippen molar-refractivity contribution in [3.05, 3.63) is 68.7 Å². The van der Waals surface area contributed by atoms with E-state index in [0.717, 1.165) is 5.56 Å². The van der Waals surface area contributed by atoms with Crippen molar-refractivity contribution in [1.82, 2.24) is 0 Å². The van der Waals surface area contributed by atoms with E-state index in [4.69, 9.17) is 21.6 Å². The smallest absolute Gasteiger partial charge is 0.269 e. The van der Waals surface area contributed by atoms with Crippen molar-refractivity contribution in [2.24, 2.45) is 0 Å². The Kier molecular flexibility index (Phi) is 4.18. The second kappa shape index (κ2) is 6.04. The second-order valence-corrected chi connectivity index (χ2v) is 4.36. The van der Waals surface area contributed by atoms with E-state index in [-0.39, 0.29) is 12.3 Å². The molecule has 0 aromatic heterocycles. The molecule has 5 nitrogen and oxygen atoms in total. The predicted molar refractivity (Wildman–Crippen MR) is 73.6 cm³/mol.